The van der Waals surface area contributed by atoms with E-state index in [-0.39, 0.29) is 5.54 Å². The molecule has 0 unspecified atom stereocenters. The highest BCUT2D eigenvalue weighted by Gasteiger charge is 2.33. The molecule has 0 aromatic heterocycles. The molecular weight excluding hydrogens is 200 g/mol. The molecule has 1 rings (SSSR count). The lowest BCUT2D eigenvalue weighted by molar-refractivity contribution is 0.0434. The molecule has 92 valence electrons. The second kappa shape index (κ2) is 6.90. The van der Waals surface area contributed by atoms with E-state index in [1.54, 1.807) is 7.11 Å². The molecule has 3 nitrogen and oxygen atoms in total. The Hall–Kier alpha value is -0.560. The first kappa shape index (κ1) is 13.5. The Morgan fingerprint density at radius 3 is 2.62 bits per heavy atom. The number of ether oxygens (including phenoxy) is 1. The van der Waals surface area contributed by atoms with E-state index >= 15 is 0 Å². The Kier molecular flexibility index (Phi) is 5.83. The minimum Gasteiger partial charge on any atom is -0.381 e. The fourth-order valence-electron chi connectivity index (χ4n) is 2.35. The van der Waals surface area contributed by atoms with Gasteiger partial charge in [-0.2, -0.15) is 0 Å². The summed E-state index contributed by atoms with van der Waals surface area (Å²) in [6, 6.07) is 0. The normalized spacial score (nSPS) is 29.6. The molecule has 16 heavy (non-hydrogen) atoms. The first-order chi connectivity index (χ1) is 7.76. The standard InChI is InChI=1S/C13H24N2O/c1-3-4-5-10-15-13(11-14)8-6-12(16-2)7-9-13/h12,15H,5-11,14H2,1-2H3. The lowest BCUT2D eigenvalue weighted by Gasteiger charge is -2.39. The molecule has 3 N–H and O–H groups in total. The van der Waals surface area contributed by atoms with Crippen molar-refractivity contribution in [2.75, 3.05) is 20.2 Å². The Balaban J connectivity index is 2.36. The smallest absolute Gasteiger partial charge is 0.0572 e. The molecule has 1 saturated carbocycles. The van der Waals surface area contributed by atoms with E-state index in [0.717, 1.165) is 38.6 Å². The summed E-state index contributed by atoms with van der Waals surface area (Å²) in [6.45, 7) is 3.53. The van der Waals surface area contributed by atoms with Crippen LogP contribution in [0.1, 0.15) is 39.0 Å². The second-order valence-electron chi connectivity index (χ2n) is 4.52. The fourth-order valence-corrected chi connectivity index (χ4v) is 2.35. The van der Waals surface area contributed by atoms with Crippen LogP contribution in [0.2, 0.25) is 0 Å². The van der Waals surface area contributed by atoms with E-state index in [1.165, 1.54) is 0 Å². The van der Waals surface area contributed by atoms with E-state index in [2.05, 4.69) is 17.2 Å². The van der Waals surface area contributed by atoms with Crippen molar-refractivity contribution in [3.8, 4) is 11.8 Å². The summed E-state index contributed by atoms with van der Waals surface area (Å²) in [5.41, 5.74) is 6.03. The molecule has 0 amide bonds. The largest absolute Gasteiger partial charge is 0.381 e. The highest BCUT2D eigenvalue weighted by atomic mass is 16.5. The van der Waals surface area contributed by atoms with Crippen molar-refractivity contribution < 1.29 is 4.74 Å². The molecule has 0 heterocycles. The van der Waals surface area contributed by atoms with Gasteiger partial charge in [-0.3, -0.25) is 0 Å². The summed E-state index contributed by atoms with van der Waals surface area (Å²) in [6.07, 6.45) is 5.78. The maximum Gasteiger partial charge on any atom is 0.0572 e. The maximum atomic E-state index is 5.90. The number of nitrogens with one attached hydrogen (secondary N) is 1. The van der Waals surface area contributed by atoms with Gasteiger partial charge in [-0.25, -0.2) is 0 Å². The summed E-state index contributed by atoms with van der Waals surface area (Å²) in [5.74, 6) is 5.98. The van der Waals surface area contributed by atoms with Gasteiger partial charge < -0.3 is 15.8 Å². The Bertz CT molecular complexity index is 246. The predicted molar refractivity (Wildman–Crippen MR) is 67.1 cm³/mol. The monoisotopic (exact) mass is 224 g/mol. The molecule has 0 atom stereocenters. The molecule has 0 aromatic rings. The Morgan fingerprint density at radius 2 is 2.12 bits per heavy atom. The summed E-state index contributed by atoms with van der Waals surface area (Å²) in [7, 11) is 1.80. The van der Waals surface area contributed by atoms with Gasteiger partial charge in [0.1, 0.15) is 0 Å². The lowest BCUT2D eigenvalue weighted by Crippen LogP contribution is -2.54. The van der Waals surface area contributed by atoms with Crippen molar-refractivity contribution in [3.63, 3.8) is 0 Å². The van der Waals surface area contributed by atoms with Crippen LogP contribution in [0.25, 0.3) is 0 Å². The van der Waals surface area contributed by atoms with Crippen molar-refractivity contribution in [1.82, 2.24) is 5.32 Å². The van der Waals surface area contributed by atoms with Gasteiger partial charge in [-0.1, -0.05) is 0 Å². The fraction of sp³-hybridized carbons (Fsp3) is 0.846. The third kappa shape index (κ3) is 3.79. The molecule has 1 fully saturated rings. The summed E-state index contributed by atoms with van der Waals surface area (Å²) in [5, 5.41) is 3.58. The zero-order valence-corrected chi connectivity index (χ0v) is 10.5. The molecule has 0 bridgehead atoms. The Morgan fingerprint density at radius 1 is 1.44 bits per heavy atom. The second-order valence-corrected chi connectivity index (χ2v) is 4.52. The van der Waals surface area contributed by atoms with Gasteiger partial charge in [-0.05, 0) is 32.6 Å². The number of rotatable bonds is 5. The van der Waals surface area contributed by atoms with Gasteiger partial charge in [-0.15, -0.1) is 11.8 Å². The molecule has 0 spiro atoms. The van der Waals surface area contributed by atoms with Crippen molar-refractivity contribution in [2.24, 2.45) is 5.73 Å². The SMILES string of the molecule is CC#CCCNC1(CN)CCC(OC)CC1. The predicted octanol–water partition coefficient (Wildman–Crippen LogP) is 1.28. The third-order valence-electron chi connectivity index (χ3n) is 3.54. The van der Waals surface area contributed by atoms with Crippen molar-refractivity contribution >= 4 is 0 Å². The number of hydrogen-bond acceptors (Lipinski definition) is 3. The van der Waals surface area contributed by atoms with Crippen LogP contribution in [0.3, 0.4) is 0 Å². The van der Waals surface area contributed by atoms with Gasteiger partial charge in [0.15, 0.2) is 0 Å². The highest BCUT2D eigenvalue weighted by molar-refractivity contribution is 4.98. The van der Waals surface area contributed by atoms with E-state index in [4.69, 9.17) is 10.5 Å². The van der Waals surface area contributed by atoms with Gasteiger partial charge in [0.25, 0.3) is 0 Å². The average Bonchev–Trinajstić information content (AvgIpc) is 2.35. The molecular formula is C13H24N2O. The van der Waals surface area contributed by atoms with Crippen LogP contribution in [0, 0.1) is 11.8 Å². The number of nitrogens with two attached hydrogens (primary N) is 1. The van der Waals surface area contributed by atoms with E-state index in [1.807, 2.05) is 6.92 Å². The van der Waals surface area contributed by atoms with Crippen molar-refractivity contribution in [3.05, 3.63) is 0 Å². The van der Waals surface area contributed by atoms with E-state index in [9.17, 15) is 0 Å². The van der Waals surface area contributed by atoms with Crippen molar-refractivity contribution in [2.45, 2.75) is 50.7 Å². The quantitative estimate of drug-likeness (QED) is 0.546. The van der Waals surface area contributed by atoms with Crippen LogP contribution in [-0.2, 0) is 4.74 Å². The van der Waals surface area contributed by atoms with Gasteiger partial charge in [0.2, 0.25) is 0 Å². The Labute approximate surface area is 99.1 Å². The molecule has 1 aliphatic rings. The molecule has 0 aromatic carbocycles. The van der Waals surface area contributed by atoms with Gasteiger partial charge in [0, 0.05) is 32.2 Å². The van der Waals surface area contributed by atoms with Crippen LogP contribution in [0.4, 0.5) is 0 Å². The first-order valence-corrected chi connectivity index (χ1v) is 6.14. The zero-order chi connectivity index (χ0) is 11.9. The maximum absolute atomic E-state index is 5.90. The first-order valence-electron chi connectivity index (χ1n) is 6.14. The summed E-state index contributed by atoms with van der Waals surface area (Å²) in [4.78, 5) is 0. The van der Waals surface area contributed by atoms with Crippen molar-refractivity contribution in [1.29, 1.82) is 0 Å². The van der Waals surface area contributed by atoms with Gasteiger partial charge >= 0.3 is 0 Å². The van der Waals surface area contributed by atoms with Crippen LogP contribution < -0.4 is 11.1 Å². The summed E-state index contributed by atoms with van der Waals surface area (Å²) >= 11 is 0. The molecule has 0 aliphatic heterocycles. The number of methoxy groups -OCH3 is 1. The van der Waals surface area contributed by atoms with Crippen LogP contribution in [0.5, 0.6) is 0 Å². The minimum absolute atomic E-state index is 0.129. The highest BCUT2D eigenvalue weighted by Crippen LogP contribution is 2.28. The van der Waals surface area contributed by atoms with E-state index in [0.29, 0.717) is 12.6 Å². The molecule has 1 aliphatic carbocycles. The van der Waals surface area contributed by atoms with E-state index < -0.39 is 0 Å². The molecule has 3 heteroatoms. The van der Waals surface area contributed by atoms with Crippen LogP contribution >= 0.6 is 0 Å². The van der Waals surface area contributed by atoms with Crippen LogP contribution in [0.15, 0.2) is 0 Å². The third-order valence-corrected chi connectivity index (χ3v) is 3.54. The van der Waals surface area contributed by atoms with Gasteiger partial charge in [0.05, 0.1) is 6.10 Å². The molecule has 0 radical (unpaired) electrons. The molecule has 0 saturated heterocycles. The van der Waals surface area contributed by atoms with Crippen LogP contribution in [-0.4, -0.2) is 31.8 Å². The lowest BCUT2D eigenvalue weighted by atomic mass is 9.80. The topological polar surface area (TPSA) is 47.3 Å². The minimum atomic E-state index is 0.129. The average molecular weight is 224 g/mol. The summed E-state index contributed by atoms with van der Waals surface area (Å²) < 4.78 is 5.38. The zero-order valence-electron chi connectivity index (χ0n) is 10.5. The number of hydrogen-bond donors (Lipinski definition) is 2.